The van der Waals surface area contributed by atoms with E-state index in [0.717, 1.165) is 0 Å². The van der Waals surface area contributed by atoms with E-state index in [-0.39, 0.29) is 29.5 Å². The Labute approximate surface area is 327 Å². The molecule has 55 heavy (non-hydrogen) atoms. The Balaban J connectivity index is 2.53. The highest BCUT2D eigenvalue weighted by atomic mass is 16.7. The van der Waals surface area contributed by atoms with Crippen molar-refractivity contribution in [1.82, 2.24) is 0 Å². The van der Waals surface area contributed by atoms with E-state index in [1.807, 2.05) is 13.8 Å². The summed E-state index contributed by atoms with van der Waals surface area (Å²) in [5.74, 6) is -5.96. The minimum atomic E-state index is -1.40. The molecule has 0 aromatic carbocycles. The van der Waals surface area contributed by atoms with E-state index >= 15 is 0 Å². The maximum absolute atomic E-state index is 13.3. The van der Waals surface area contributed by atoms with Crippen molar-refractivity contribution in [3.05, 3.63) is 36.0 Å². The fourth-order valence-corrected chi connectivity index (χ4v) is 7.46. The number of carbonyl (C=O) groups is 4. The van der Waals surface area contributed by atoms with Crippen molar-refractivity contribution in [3.8, 4) is 0 Å². The standard InChI is InChI=1S/C42H68O13/c1-12-30(43)27(8)40-28(9)33(46)15-13-14-31(44)23(4)19-25(6)39(55-42-38(51)41(52-11)37(50)29(10)53-42)21(2)16-17-32(45)22(3)18-24(5)36(49)26(7)34(47)20-35(48)54-40/h13-14,16-18,21-23,25-30,33-34,37-43,46-47,50-51H,12,15,19-20H2,1-11H3/b14-13+,17-16+,24-18+/t21?,22?,23?,25?,26?,27?,28?,29-,30?,33?,34?,37+,38+,39?,40?,41+,42+/m0/s1. The average Bonchev–Trinajstić information content (AvgIpc) is 3.14. The summed E-state index contributed by atoms with van der Waals surface area (Å²) in [6, 6.07) is 0. The lowest BCUT2D eigenvalue weighted by Gasteiger charge is -2.43. The summed E-state index contributed by atoms with van der Waals surface area (Å²) in [5.41, 5.74) is 0.236. The molecule has 13 nitrogen and oxygen atoms in total. The fraction of sp³-hybridized carbons (Fsp3) is 0.762. The first-order chi connectivity index (χ1) is 25.7. The van der Waals surface area contributed by atoms with Gasteiger partial charge in [0.15, 0.2) is 23.6 Å². The number of esters is 1. The Morgan fingerprint density at radius 1 is 0.891 bits per heavy atom. The van der Waals surface area contributed by atoms with Crippen LogP contribution in [0.15, 0.2) is 36.0 Å². The van der Waals surface area contributed by atoms with E-state index in [0.29, 0.717) is 12.8 Å². The average molecular weight is 781 g/mol. The number of aliphatic hydroxyl groups excluding tert-OH is 5. The third kappa shape index (κ3) is 13.5. The first-order valence-corrected chi connectivity index (χ1v) is 19.7. The molecule has 0 aromatic rings. The third-order valence-corrected chi connectivity index (χ3v) is 11.5. The van der Waals surface area contributed by atoms with E-state index in [2.05, 4.69) is 0 Å². The van der Waals surface area contributed by atoms with Crippen LogP contribution in [0.2, 0.25) is 0 Å². The number of ether oxygens (including phenoxy) is 4. The molecule has 314 valence electrons. The first kappa shape index (κ1) is 48.5. The lowest BCUT2D eigenvalue weighted by molar-refractivity contribution is -0.313. The minimum Gasteiger partial charge on any atom is -0.462 e. The molecule has 12 unspecified atom stereocenters. The first-order valence-electron chi connectivity index (χ1n) is 19.7. The highest BCUT2D eigenvalue weighted by Crippen LogP contribution is 2.32. The van der Waals surface area contributed by atoms with Crippen LogP contribution in [0, 0.1) is 41.4 Å². The number of Topliss-reactive ketones (excluding diaryl/α,β-unsaturated/α-hetero) is 1. The van der Waals surface area contributed by atoms with Crippen LogP contribution in [0.3, 0.4) is 0 Å². The molecule has 0 radical (unpaired) electrons. The van der Waals surface area contributed by atoms with Gasteiger partial charge >= 0.3 is 5.97 Å². The number of hydrogen-bond acceptors (Lipinski definition) is 13. The van der Waals surface area contributed by atoms with Gasteiger partial charge in [0, 0.05) is 42.6 Å². The van der Waals surface area contributed by atoms with Gasteiger partial charge in [-0.3, -0.25) is 19.2 Å². The zero-order chi connectivity index (χ0) is 41.9. The van der Waals surface area contributed by atoms with Crippen molar-refractivity contribution in [2.75, 3.05) is 7.11 Å². The highest BCUT2D eigenvalue weighted by Gasteiger charge is 2.45. The lowest BCUT2D eigenvalue weighted by atomic mass is 9.83. The summed E-state index contributed by atoms with van der Waals surface area (Å²) < 4.78 is 23.4. The molecule has 0 aliphatic carbocycles. The molecular formula is C42H68O13. The van der Waals surface area contributed by atoms with Crippen LogP contribution in [0.1, 0.15) is 94.9 Å². The summed E-state index contributed by atoms with van der Waals surface area (Å²) in [4.78, 5) is 53.1. The van der Waals surface area contributed by atoms with Gasteiger partial charge in [-0.25, -0.2) is 0 Å². The second kappa shape index (κ2) is 22.4. The molecule has 0 bridgehead atoms. The molecule has 2 rings (SSSR count). The Kier molecular flexibility index (Phi) is 19.7. The number of aliphatic hydroxyl groups is 5. The summed E-state index contributed by atoms with van der Waals surface area (Å²) in [6.07, 6.45) is -2.41. The number of methoxy groups -OCH3 is 1. The second-order valence-electron chi connectivity index (χ2n) is 16.0. The fourth-order valence-electron chi connectivity index (χ4n) is 7.46. The van der Waals surface area contributed by atoms with Crippen LogP contribution in [0.25, 0.3) is 0 Å². The molecule has 2 heterocycles. The van der Waals surface area contributed by atoms with Gasteiger partial charge in [0.1, 0.15) is 24.4 Å². The van der Waals surface area contributed by atoms with E-state index < -0.39 is 115 Å². The number of hydrogen-bond donors (Lipinski definition) is 5. The topological polar surface area (TPSA) is 206 Å². The normalized spacial score (nSPS) is 42.0. The minimum absolute atomic E-state index is 0.0551. The molecule has 13 heteroatoms. The van der Waals surface area contributed by atoms with Crippen molar-refractivity contribution in [2.24, 2.45) is 41.4 Å². The summed E-state index contributed by atoms with van der Waals surface area (Å²) in [6.45, 7) is 17.0. The number of ketones is 3. The van der Waals surface area contributed by atoms with Crippen molar-refractivity contribution in [1.29, 1.82) is 0 Å². The molecule has 0 saturated carbocycles. The van der Waals surface area contributed by atoms with Crippen LogP contribution < -0.4 is 0 Å². The van der Waals surface area contributed by atoms with Gasteiger partial charge in [0.05, 0.1) is 36.9 Å². The van der Waals surface area contributed by atoms with Gasteiger partial charge in [0.2, 0.25) is 0 Å². The van der Waals surface area contributed by atoms with Crippen LogP contribution in [-0.4, -0.2) is 117 Å². The zero-order valence-electron chi connectivity index (χ0n) is 34.5. The van der Waals surface area contributed by atoms with E-state index in [1.54, 1.807) is 60.6 Å². The molecule has 1 fully saturated rings. The SMILES string of the molecule is CCC(O)C(C)C1OC(=O)CC(O)C(C)C(=O)/C(C)=C/C(C)C(=O)/C=C/C(C)C(O[C@H]2O[C@@H](C)[C@@H](O)[C@@H](OC)[C@H]2O)C(C)CC(C)C(=O)/C=C/CC(O)C1C. The second-order valence-corrected chi connectivity index (χ2v) is 16.0. The zero-order valence-corrected chi connectivity index (χ0v) is 34.5. The number of rotatable bonds is 6. The maximum Gasteiger partial charge on any atom is 0.308 e. The van der Waals surface area contributed by atoms with Gasteiger partial charge in [-0.2, -0.15) is 0 Å². The van der Waals surface area contributed by atoms with Gasteiger partial charge in [-0.1, -0.05) is 73.6 Å². The Morgan fingerprint density at radius 2 is 1.53 bits per heavy atom. The smallest absolute Gasteiger partial charge is 0.308 e. The molecule has 1 saturated heterocycles. The van der Waals surface area contributed by atoms with Gasteiger partial charge in [0.25, 0.3) is 0 Å². The lowest BCUT2D eigenvalue weighted by Crippen LogP contribution is -2.59. The molecule has 0 spiro atoms. The summed E-state index contributed by atoms with van der Waals surface area (Å²) in [7, 11) is 1.37. The number of cyclic esters (lactones) is 1. The van der Waals surface area contributed by atoms with E-state index in [9.17, 15) is 44.7 Å². The quantitative estimate of drug-likeness (QED) is 0.245. The molecular weight excluding hydrogens is 712 g/mol. The van der Waals surface area contributed by atoms with Crippen LogP contribution in [0.5, 0.6) is 0 Å². The maximum atomic E-state index is 13.3. The number of allylic oxidation sites excluding steroid dienone is 4. The van der Waals surface area contributed by atoms with Crippen LogP contribution >= 0.6 is 0 Å². The highest BCUT2D eigenvalue weighted by molar-refractivity contribution is 5.99. The van der Waals surface area contributed by atoms with Crippen molar-refractivity contribution in [3.63, 3.8) is 0 Å². The van der Waals surface area contributed by atoms with Crippen molar-refractivity contribution >= 4 is 23.3 Å². The monoisotopic (exact) mass is 780 g/mol. The van der Waals surface area contributed by atoms with Gasteiger partial charge in [-0.15, -0.1) is 0 Å². The number of carbonyl (C=O) groups excluding carboxylic acids is 4. The molecule has 0 aromatic heterocycles. The van der Waals surface area contributed by atoms with Crippen LogP contribution in [-0.2, 0) is 38.1 Å². The van der Waals surface area contributed by atoms with Crippen molar-refractivity contribution in [2.45, 2.75) is 156 Å². The third-order valence-electron chi connectivity index (χ3n) is 11.5. The van der Waals surface area contributed by atoms with Gasteiger partial charge in [-0.05, 0) is 56.8 Å². The molecule has 5 N–H and O–H groups in total. The van der Waals surface area contributed by atoms with E-state index in [4.69, 9.17) is 18.9 Å². The Hall–Kier alpha value is -2.62. The molecule has 2 aliphatic rings. The molecule has 0 amide bonds. The summed E-state index contributed by atoms with van der Waals surface area (Å²) in [5, 5.41) is 54.3. The Bertz CT molecular complexity index is 1360. The predicted molar refractivity (Wildman–Crippen MR) is 205 cm³/mol. The molecule has 2 aliphatic heterocycles. The van der Waals surface area contributed by atoms with Gasteiger partial charge < -0.3 is 44.5 Å². The Morgan fingerprint density at radius 3 is 2.13 bits per heavy atom. The predicted octanol–water partition coefficient (Wildman–Crippen LogP) is 3.66. The van der Waals surface area contributed by atoms with Crippen molar-refractivity contribution < 1.29 is 63.7 Å². The summed E-state index contributed by atoms with van der Waals surface area (Å²) >= 11 is 0. The van der Waals surface area contributed by atoms with E-state index in [1.165, 1.54) is 32.3 Å². The van der Waals surface area contributed by atoms with Crippen LogP contribution in [0.4, 0.5) is 0 Å². The molecule has 17 atom stereocenters. The largest absolute Gasteiger partial charge is 0.462 e.